The first kappa shape index (κ1) is 18.1. The Balaban J connectivity index is 1.66. The van der Waals surface area contributed by atoms with E-state index in [-0.39, 0.29) is 23.8 Å². The van der Waals surface area contributed by atoms with Crippen LogP contribution in [0.4, 0.5) is 0 Å². The van der Waals surface area contributed by atoms with Gasteiger partial charge in [-0.2, -0.15) is 5.10 Å². The molecule has 138 valence electrons. The lowest BCUT2D eigenvalue weighted by molar-refractivity contribution is -0.126. The van der Waals surface area contributed by atoms with Crippen LogP contribution in [0.25, 0.3) is 11.4 Å². The van der Waals surface area contributed by atoms with Crippen LogP contribution in [0, 0.1) is 5.92 Å². The number of hydrogen-bond donors (Lipinski definition) is 2. The summed E-state index contributed by atoms with van der Waals surface area (Å²) in [4.78, 5) is 31.2. The molecule has 0 spiro atoms. The van der Waals surface area contributed by atoms with Crippen molar-refractivity contribution in [2.45, 2.75) is 39.2 Å². The molecule has 3 rings (SSSR count). The van der Waals surface area contributed by atoms with Crippen LogP contribution in [-0.2, 0) is 4.79 Å². The molecule has 7 heteroatoms. The molecule has 2 aromatic heterocycles. The number of amides is 2. The van der Waals surface area contributed by atoms with E-state index in [1.54, 1.807) is 17.2 Å². The lowest BCUT2D eigenvalue weighted by Crippen LogP contribution is -2.47. The van der Waals surface area contributed by atoms with Gasteiger partial charge < -0.3 is 10.2 Å². The molecule has 1 fully saturated rings. The van der Waals surface area contributed by atoms with E-state index < -0.39 is 0 Å². The van der Waals surface area contributed by atoms with Gasteiger partial charge in [-0.1, -0.05) is 13.0 Å². The molecule has 2 atom stereocenters. The SMILES string of the molecule is CC[C@H](C)NC(=O)[C@@H]1CCCN(C(=O)c2cc(-c3ccccn3)n[nH]2)C1. The Morgan fingerprint density at radius 2 is 2.23 bits per heavy atom. The molecule has 26 heavy (non-hydrogen) atoms. The van der Waals surface area contributed by atoms with Gasteiger partial charge in [0.25, 0.3) is 5.91 Å². The molecule has 1 aliphatic rings. The maximum absolute atomic E-state index is 12.8. The number of rotatable bonds is 5. The Hall–Kier alpha value is -2.70. The summed E-state index contributed by atoms with van der Waals surface area (Å²) in [5, 5.41) is 10.0. The lowest BCUT2D eigenvalue weighted by Gasteiger charge is -2.32. The highest BCUT2D eigenvalue weighted by Gasteiger charge is 2.30. The van der Waals surface area contributed by atoms with Gasteiger partial charge in [-0.15, -0.1) is 0 Å². The Labute approximate surface area is 153 Å². The maximum atomic E-state index is 12.8. The highest BCUT2D eigenvalue weighted by molar-refractivity contribution is 5.93. The number of pyridine rings is 1. The fraction of sp³-hybridized carbons (Fsp3) is 0.474. The van der Waals surface area contributed by atoms with Crippen molar-refractivity contribution in [2.24, 2.45) is 5.92 Å². The Morgan fingerprint density at radius 3 is 2.96 bits per heavy atom. The van der Waals surface area contributed by atoms with Crippen molar-refractivity contribution in [2.75, 3.05) is 13.1 Å². The fourth-order valence-corrected chi connectivity index (χ4v) is 3.09. The summed E-state index contributed by atoms with van der Waals surface area (Å²) < 4.78 is 0. The highest BCUT2D eigenvalue weighted by Crippen LogP contribution is 2.20. The van der Waals surface area contributed by atoms with Gasteiger partial charge in [-0.25, -0.2) is 0 Å². The third-order valence-corrected chi connectivity index (χ3v) is 4.82. The van der Waals surface area contributed by atoms with E-state index in [1.807, 2.05) is 32.0 Å². The topological polar surface area (TPSA) is 91.0 Å². The molecule has 0 bridgehead atoms. The van der Waals surface area contributed by atoms with Crippen LogP contribution in [0.5, 0.6) is 0 Å². The molecule has 2 amide bonds. The first-order valence-electron chi connectivity index (χ1n) is 9.15. The van der Waals surface area contributed by atoms with Crippen molar-refractivity contribution in [3.63, 3.8) is 0 Å². The maximum Gasteiger partial charge on any atom is 0.271 e. The number of carbonyl (C=O) groups excluding carboxylic acids is 2. The number of hydrogen-bond acceptors (Lipinski definition) is 4. The van der Waals surface area contributed by atoms with Gasteiger partial charge in [-0.05, 0) is 44.4 Å². The van der Waals surface area contributed by atoms with Gasteiger partial charge in [0.15, 0.2) is 0 Å². The molecule has 7 nitrogen and oxygen atoms in total. The Morgan fingerprint density at radius 1 is 1.38 bits per heavy atom. The van der Waals surface area contributed by atoms with Crippen molar-refractivity contribution >= 4 is 11.8 Å². The third-order valence-electron chi connectivity index (χ3n) is 4.82. The standard InChI is InChI=1S/C19H25N5O2/c1-3-13(2)21-18(25)14-7-6-10-24(12-14)19(26)17-11-16(22-23-17)15-8-4-5-9-20-15/h4-5,8-9,11,13-14H,3,6-7,10,12H2,1-2H3,(H,21,25)(H,22,23)/t13-,14+/m0/s1. The minimum absolute atomic E-state index is 0.0376. The average Bonchev–Trinajstić information content (AvgIpc) is 3.18. The molecule has 3 heterocycles. The quantitative estimate of drug-likeness (QED) is 0.860. The van der Waals surface area contributed by atoms with Crippen LogP contribution < -0.4 is 5.32 Å². The predicted octanol–water partition coefficient (Wildman–Crippen LogP) is 2.24. The van der Waals surface area contributed by atoms with E-state index in [2.05, 4.69) is 20.5 Å². The van der Waals surface area contributed by atoms with E-state index in [0.29, 0.717) is 30.2 Å². The summed E-state index contributed by atoms with van der Waals surface area (Å²) in [6.07, 6.45) is 4.22. The second-order valence-corrected chi connectivity index (χ2v) is 6.79. The zero-order valence-electron chi connectivity index (χ0n) is 15.2. The summed E-state index contributed by atoms with van der Waals surface area (Å²) >= 11 is 0. The molecular formula is C19H25N5O2. The number of likely N-dealkylation sites (tertiary alicyclic amines) is 1. The van der Waals surface area contributed by atoms with E-state index in [1.165, 1.54) is 0 Å². The van der Waals surface area contributed by atoms with E-state index in [0.717, 1.165) is 19.3 Å². The summed E-state index contributed by atoms with van der Waals surface area (Å²) in [6, 6.07) is 7.43. The number of H-pyrrole nitrogens is 1. The second kappa shape index (κ2) is 8.12. The normalized spacial score (nSPS) is 18.4. The molecule has 0 radical (unpaired) electrons. The van der Waals surface area contributed by atoms with Crippen LogP contribution in [-0.4, -0.2) is 51.0 Å². The van der Waals surface area contributed by atoms with Crippen molar-refractivity contribution in [1.29, 1.82) is 0 Å². The molecule has 0 unspecified atom stereocenters. The van der Waals surface area contributed by atoms with E-state index >= 15 is 0 Å². The van der Waals surface area contributed by atoms with Crippen molar-refractivity contribution in [3.8, 4) is 11.4 Å². The summed E-state index contributed by atoms with van der Waals surface area (Å²) in [6.45, 7) is 5.13. The summed E-state index contributed by atoms with van der Waals surface area (Å²) in [5.41, 5.74) is 1.78. The largest absolute Gasteiger partial charge is 0.353 e. The van der Waals surface area contributed by atoms with Crippen molar-refractivity contribution in [1.82, 2.24) is 25.4 Å². The molecule has 1 saturated heterocycles. The van der Waals surface area contributed by atoms with Gasteiger partial charge in [0, 0.05) is 25.3 Å². The summed E-state index contributed by atoms with van der Waals surface area (Å²) in [7, 11) is 0. The molecule has 0 aliphatic carbocycles. The number of aromatic amines is 1. The fourth-order valence-electron chi connectivity index (χ4n) is 3.09. The van der Waals surface area contributed by atoms with Crippen LogP contribution in [0.3, 0.4) is 0 Å². The third kappa shape index (κ3) is 4.09. The lowest BCUT2D eigenvalue weighted by atomic mass is 9.96. The number of nitrogens with zero attached hydrogens (tertiary/aromatic N) is 3. The Kier molecular flexibility index (Phi) is 5.65. The molecule has 2 aromatic rings. The number of carbonyl (C=O) groups is 2. The average molecular weight is 355 g/mol. The molecule has 1 aliphatic heterocycles. The van der Waals surface area contributed by atoms with Gasteiger partial charge in [-0.3, -0.25) is 19.7 Å². The van der Waals surface area contributed by atoms with Gasteiger partial charge in [0.05, 0.1) is 11.6 Å². The van der Waals surface area contributed by atoms with Gasteiger partial charge in [0.1, 0.15) is 11.4 Å². The number of aromatic nitrogens is 3. The highest BCUT2D eigenvalue weighted by atomic mass is 16.2. The zero-order valence-corrected chi connectivity index (χ0v) is 15.2. The molecule has 0 saturated carbocycles. The minimum Gasteiger partial charge on any atom is -0.353 e. The van der Waals surface area contributed by atoms with Crippen LogP contribution in [0.2, 0.25) is 0 Å². The van der Waals surface area contributed by atoms with Crippen LogP contribution in [0.15, 0.2) is 30.5 Å². The van der Waals surface area contributed by atoms with E-state index in [9.17, 15) is 9.59 Å². The summed E-state index contributed by atoms with van der Waals surface area (Å²) in [5.74, 6) is -0.240. The molecular weight excluding hydrogens is 330 g/mol. The monoisotopic (exact) mass is 355 g/mol. The predicted molar refractivity (Wildman–Crippen MR) is 98.3 cm³/mol. The van der Waals surface area contributed by atoms with Crippen LogP contribution in [0.1, 0.15) is 43.6 Å². The Bertz CT molecular complexity index is 758. The zero-order chi connectivity index (χ0) is 18.5. The van der Waals surface area contributed by atoms with E-state index in [4.69, 9.17) is 0 Å². The van der Waals surface area contributed by atoms with Crippen molar-refractivity contribution in [3.05, 3.63) is 36.2 Å². The first-order chi connectivity index (χ1) is 12.6. The van der Waals surface area contributed by atoms with Gasteiger partial charge in [0.2, 0.25) is 5.91 Å². The first-order valence-corrected chi connectivity index (χ1v) is 9.15. The number of piperidine rings is 1. The molecule has 2 N–H and O–H groups in total. The van der Waals surface area contributed by atoms with Crippen molar-refractivity contribution < 1.29 is 9.59 Å². The molecule has 0 aromatic carbocycles. The van der Waals surface area contributed by atoms with Crippen LogP contribution >= 0.6 is 0 Å². The number of nitrogens with one attached hydrogen (secondary N) is 2. The second-order valence-electron chi connectivity index (χ2n) is 6.79. The minimum atomic E-state index is -0.153. The smallest absolute Gasteiger partial charge is 0.271 e. The van der Waals surface area contributed by atoms with Gasteiger partial charge >= 0.3 is 0 Å².